The molecule has 0 saturated heterocycles. The minimum atomic E-state index is -0.469. The van der Waals surface area contributed by atoms with Crippen molar-refractivity contribution in [1.29, 1.82) is 0 Å². The maximum Gasteiger partial charge on any atom is 0.261 e. The van der Waals surface area contributed by atoms with Gasteiger partial charge >= 0.3 is 0 Å². The van der Waals surface area contributed by atoms with Crippen molar-refractivity contribution in [2.45, 2.75) is 44.2 Å². The first kappa shape index (κ1) is 17.1. The van der Waals surface area contributed by atoms with Gasteiger partial charge in [-0.05, 0) is 43.9 Å². The number of hydrogen-bond donors (Lipinski definition) is 2. The van der Waals surface area contributed by atoms with Gasteiger partial charge in [0.25, 0.3) is 11.8 Å². The summed E-state index contributed by atoms with van der Waals surface area (Å²) in [6.07, 6.45) is 2.58. The van der Waals surface area contributed by atoms with E-state index in [1.807, 2.05) is 0 Å². The van der Waals surface area contributed by atoms with Gasteiger partial charge < -0.3 is 10.4 Å². The van der Waals surface area contributed by atoms with Crippen LogP contribution < -0.4 is 5.32 Å². The highest BCUT2D eigenvalue weighted by Gasteiger charge is 2.35. The Morgan fingerprint density at radius 3 is 2.71 bits per heavy atom. The maximum atomic E-state index is 12.3. The molecule has 1 fully saturated rings. The first-order chi connectivity index (χ1) is 11.5. The van der Waals surface area contributed by atoms with Crippen LogP contribution in [0.3, 0.4) is 0 Å². The number of fused-ring (bicyclic) bond motifs is 1. The number of aliphatic hydroxyl groups excluding tert-OH is 1. The van der Waals surface area contributed by atoms with Crippen molar-refractivity contribution in [2.75, 3.05) is 6.54 Å². The number of imide groups is 1. The van der Waals surface area contributed by atoms with Crippen LogP contribution in [0, 0.1) is 0 Å². The van der Waals surface area contributed by atoms with Gasteiger partial charge in [0, 0.05) is 17.4 Å². The molecule has 0 radical (unpaired) electrons. The van der Waals surface area contributed by atoms with E-state index in [4.69, 9.17) is 0 Å². The SMILES string of the molecule is O=C(CCCN1C(=O)c2ccc(Br)cc2C1=O)NC1CCCC1O. The summed E-state index contributed by atoms with van der Waals surface area (Å²) in [5.41, 5.74) is 0.801. The Labute approximate surface area is 148 Å². The van der Waals surface area contributed by atoms with E-state index in [0.29, 0.717) is 17.5 Å². The number of amides is 3. The van der Waals surface area contributed by atoms with Gasteiger partial charge in [0.15, 0.2) is 0 Å². The lowest BCUT2D eigenvalue weighted by Crippen LogP contribution is -2.40. The molecule has 2 N–H and O–H groups in total. The largest absolute Gasteiger partial charge is 0.391 e. The Balaban J connectivity index is 1.51. The first-order valence-electron chi connectivity index (χ1n) is 8.10. The lowest BCUT2D eigenvalue weighted by molar-refractivity contribution is -0.122. The van der Waals surface area contributed by atoms with Crippen LogP contribution in [0.1, 0.15) is 52.8 Å². The molecule has 24 heavy (non-hydrogen) atoms. The van der Waals surface area contributed by atoms with Gasteiger partial charge in [0.05, 0.1) is 23.3 Å². The second kappa shape index (κ2) is 7.03. The molecule has 0 aromatic heterocycles. The summed E-state index contributed by atoms with van der Waals surface area (Å²) in [6.45, 7) is 0.213. The van der Waals surface area contributed by atoms with E-state index in [1.54, 1.807) is 18.2 Å². The molecular weight excluding hydrogens is 376 g/mol. The normalized spacial score (nSPS) is 22.8. The van der Waals surface area contributed by atoms with Crippen molar-refractivity contribution in [3.8, 4) is 0 Å². The molecule has 2 aliphatic rings. The average Bonchev–Trinajstić information content (AvgIpc) is 3.04. The Morgan fingerprint density at radius 1 is 1.25 bits per heavy atom. The van der Waals surface area contributed by atoms with Gasteiger partial charge in [0.1, 0.15) is 0 Å². The van der Waals surface area contributed by atoms with Gasteiger partial charge in [0.2, 0.25) is 5.91 Å². The van der Waals surface area contributed by atoms with E-state index in [1.165, 1.54) is 4.90 Å². The molecule has 3 rings (SSSR count). The fraction of sp³-hybridized carbons (Fsp3) is 0.471. The Bertz CT molecular complexity index is 691. The van der Waals surface area contributed by atoms with E-state index >= 15 is 0 Å². The van der Waals surface area contributed by atoms with Crippen molar-refractivity contribution >= 4 is 33.7 Å². The number of nitrogens with zero attached hydrogens (tertiary/aromatic N) is 1. The monoisotopic (exact) mass is 394 g/mol. The molecular formula is C17H19BrN2O4. The van der Waals surface area contributed by atoms with E-state index in [-0.39, 0.29) is 36.7 Å². The summed E-state index contributed by atoms with van der Waals surface area (Å²) in [7, 11) is 0. The third-order valence-corrected chi connectivity index (χ3v) is 5.04. The molecule has 7 heteroatoms. The van der Waals surface area contributed by atoms with Crippen molar-refractivity contribution in [1.82, 2.24) is 10.2 Å². The second-order valence-electron chi connectivity index (χ2n) is 6.23. The predicted molar refractivity (Wildman–Crippen MR) is 90.5 cm³/mol. The summed E-state index contributed by atoms with van der Waals surface area (Å²) in [4.78, 5) is 37.7. The van der Waals surface area contributed by atoms with Gasteiger partial charge in [-0.1, -0.05) is 15.9 Å². The second-order valence-corrected chi connectivity index (χ2v) is 7.14. The zero-order chi connectivity index (χ0) is 17.3. The van der Waals surface area contributed by atoms with Crippen LogP contribution in [0.15, 0.2) is 22.7 Å². The number of halogens is 1. The van der Waals surface area contributed by atoms with Crippen molar-refractivity contribution in [3.63, 3.8) is 0 Å². The molecule has 1 aromatic rings. The smallest absolute Gasteiger partial charge is 0.261 e. The average molecular weight is 395 g/mol. The standard InChI is InChI=1S/C17H19BrN2O4/c18-10-6-7-11-12(9-10)17(24)20(16(11)23)8-2-5-15(22)19-13-3-1-4-14(13)21/h6-7,9,13-14,21H,1-5,8H2,(H,19,22). The number of aliphatic hydroxyl groups is 1. The topological polar surface area (TPSA) is 86.7 Å². The molecule has 1 heterocycles. The molecule has 1 saturated carbocycles. The third kappa shape index (κ3) is 3.37. The zero-order valence-electron chi connectivity index (χ0n) is 13.1. The molecule has 6 nitrogen and oxygen atoms in total. The summed E-state index contributed by atoms with van der Waals surface area (Å²) in [5.74, 6) is -0.780. The van der Waals surface area contributed by atoms with E-state index in [0.717, 1.165) is 23.7 Å². The highest BCUT2D eigenvalue weighted by molar-refractivity contribution is 9.10. The molecule has 0 spiro atoms. The Hall–Kier alpha value is -1.73. The number of benzene rings is 1. The number of carbonyl (C=O) groups is 3. The van der Waals surface area contributed by atoms with E-state index < -0.39 is 6.10 Å². The zero-order valence-corrected chi connectivity index (χ0v) is 14.7. The van der Waals surface area contributed by atoms with E-state index in [9.17, 15) is 19.5 Å². The Morgan fingerprint density at radius 2 is 2.00 bits per heavy atom. The van der Waals surface area contributed by atoms with Gasteiger partial charge in [-0.15, -0.1) is 0 Å². The molecule has 128 valence electrons. The molecule has 1 aliphatic heterocycles. The maximum absolute atomic E-state index is 12.3. The highest BCUT2D eigenvalue weighted by atomic mass is 79.9. The van der Waals surface area contributed by atoms with Gasteiger partial charge in [-0.25, -0.2) is 0 Å². The van der Waals surface area contributed by atoms with Crippen LogP contribution in [0.2, 0.25) is 0 Å². The van der Waals surface area contributed by atoms with Crippen LogP contribution in [-0.4, -0.2) is 46.4 Å². The number of hydrogen-bond acceptors (Lipinski definition) is 4. The minimum Gasteiger partial charge on any atom is -0.391 e. The van der Waals surface area contributed by atoms with Crippen LogP contribution >= 0.6 is 15.9 Å². The van der Waals surface area contributed by atoms with Crippen LogP contribution in [0.4, 0.5) is 0 Å². The van der Waals surface area contributed by atoms with Crippen molar-refractivity contribution in [2.24, 2.45) is 0 Å². The van der Waals surface area contributed by atoms with Crippen molar-refractivity contribution < 1.29 is 19.5 Å². The summed E-state index contributed by atoms with van der Waals surface area (Å²) < 4.78 is 0.749. The minimum absolute atomic E-state index is 0.152. The lowest BCUT2D eigenvalue weighted by Gasteiger charge is -2.17. The molecule has 0 bridgehead atoms. The molecule has 1 aliphatic carbocycles. The highest BCUT2D eigenvalue weighted by Crippen LogP contribution is 2.26. The molecule has 1 aromatic carbocycles. The third-order valence-electron chi connectivity index (χ3n) is 4.54. The van der Waals surface area contributed by atoms with Crippen LogP contribution in [-0.2, 0) is 4.79 Å². The van der Waals surface area contributed by atoms with Crippen LogP contribution in [0.25, 0.3) is 0 Å². The number of carbonyl (C=O) groups excluding carboxylic acids is 3. The van der Waals surface area contributed by atoms with E-state index in [2.05, 4.69) is 21.2 Å². The quantitative estimate of drug-likeness (QED) is 0.746. The first-order valence-corrected chi connectivity index (χ1v) is 8.90. The predicted octanol–water partition coefficient (Wildman–Crippen LogP) is 1.85. The fourth-order valence-corrected chi connectivity index (χ4v) is 3.61. The van der Waals surface area contributed by atoms with Gasteiger partial charge in [-0.2, -0.15) is 0 Å². The molecule has 3 amide bonds. The summed E-state index contributed by atoms with van der Waals surface area (Å²) in [6, 6.07) is 4.83. The van der Waals surface area contributed by atoms with Crippen molar-refractivity contribution in [3.05, 3.63) is 33.8 Å². The number of rotatable bonds is 5. The fourth-order valence-electron chi connectivity index (χ4n) is 3.25. The van der Waals surface area contributed by atoms with Crippen LogP contribution in [0.5, 0.6) is 0 Å². The lowest BCUT2D eigenvalue weighted by atomic mass is 10.1. The molecule has 2 atom stereocenters. The molecule has 2 unspecified atom stereocenters. The Kier molecular flexibility index (Phi) is 5.01. The number of nitrogens with one attached hydrogen (secondary N) is 1. The van der Waals surface area contributed by atoms with Gasteiger partial charge in [-0.3, -0.25) is 19.3 Å². The summed E-state index contributed by atoms with van der Waals surface area (Å²) >= 11 is 3.29. The summed E-state index contributed by atoms with van der Waals surface area (Å²) in [5, 5.41) is 12.5.